The second kappa shape index (κ2) is 6.39. The minimum atomic E-state index is -0.885. The summed E-state index contributed by atoms with van der Waals surface area (Å²) in [6.45, 7) is 5.92. The third-order valence-electron chi connectivity index (χ3n) is 4.51. The third kappa shape index (κ3) is 3.60. The lowest BCUT2D eigenvalue weighted by atomic mass is 9.86. The molecule has 1 fully saturated rings. The van der Waals surface area contributed by atoms with Gasteiger partial charge in [0.05, 0.1) is 5.92 Å². The van der Waals surface area contributed by atoms with Crippen LogP contribution >= 0.6 is 0 Å². The fourth-order valence-corrected chi connectivity index (χ4v) is 3.42. The molecule has 25 heavy (non-hydrogen) atoms. The van der Waals surface area contributed by atoms with Crippen molar-refractivity contribution >= 4 is 22.8 Å². The SMILES string of the molecule is CC(C)(C)OC(=O)N1C[C@H](C(=O)O)[C@@H](c2cccc3ccccc23)C1. The van der Waals surface area contributed by atoms with E-state index in [-0.39, 0.29) is 12.5 Å². The number of fused-ring (bicyclic) bond motifs is 1. The average molecular weight is 341 g/mol. The summed E-state index contributed by atoms with van der Waals surface area (Å²) in [5.41, 5.74) is 0.365. The molecule has 1 saturated heterocycles. The van der Waals surface area contributed by atoms with Gasteiger partial charge in [0.25, 0.3) is 0 Å². The number of rotatable bonds is 2. The van der Waals surface area contributed by atoms with Crippen molar-refractivity contribution < 1.29 is 19.4 Å². The summed E-state index contributed by atoms with van der Waals surface area (Å²) in [5, 5.41) is 11.8. The molecule has 3 rings (SSSR count). The molecule has 0 bridgehead atoms. The molecule has 2 aromatic carbocycles. The van der Waals surface area contributed by atoms with Gasteiger partial charge in [-0.05, 0) is 37.1 Å². The molecule has 0 spiro atoms. The van der Waals surface area contributed by atoms with Gasteiger partial charge in [-0.1, -0.05) is 42.5 Å². The molecule has 5 heteroatoms. The molecule has 132 valence electrons. The van der Waals surface area contributed by atoms with Crippen LogP contribution in [0.25, 0.3) is 10.8 Å². The molecular formula is C20H23NO4. The van der Waals surface area contributed by atoms with Crippen LogP contribution in [0.1, 0.15) is 32.3 Å². The Morgan fingerprint density at radius 1 is 1.08 bits per heavy atom. The number of benzene rings is 2. The Labute approximate surface area is 147 Å². The standard InChI is InChI=1S/C20H23NO4/c1-20(2,3)25-19(24)21-11-16(17(12-21)18(22)23)15-10-6-8-13-7-4-5-9-14(13)15/h4-10,16-17H,11-12H2,1-3H3,(H,22,23)/t16-,17+/m1/s1. The van der Waals surface area contributed by atoms with Gasteiger partial charge in [-0.25, -0.2) is 4.79 Å². The zero-order chi connectivity index (χ0) is 18.2. The van der Waals surface area contributed by atoms with Gasteiger partial charge in [0.1, 0.15) is 5.60 Å². The van der Waals surface area contributed by atoms with Crippen molar-refractivity contribution in [1.82, 2.24) is 4.90 Å². The van der Waals surface area contributed by atoms with Crippen LogP contribution in [0.3, 0.4) is 0 Å². The van der Waals surface area contributed by atoms with Crippen molar-refractivity contribution in [1.29, 1.82) is 0 Å². The number of amides is 1. The van der Waals surface area contributed by atoms with Crippen LogP contribution in [-0.4, -0.2) is 40.8 Å². The van der Waals surface area contributed by atoms with E-state index in [9.17, 15) is 14.7 Å². The lowest BCUT2D eigenvalue weighted by molar-refractivity contribution is -0.141. The van der Waals surface area contributed by atoms with E-state index in [0.29, 0.717) is 6.54 Å². The van der Waals surface area contributed by atoms with Crippen LogP contribution in [0, 0.1) is 5.92 Å². The van der Waals surface area contributed by atoms with E-state index < -0.39 is 23.6 Å². The number of hydrogen-bond donors (Lipinski definition) is 1. The highest BCUT2D eigenvalue weighted by Crippen LogP contribution is 2.37. The summed E-state index contributed by atoms with van der Waals surface area (Å²) in [6, 6.07) is 13.8. The van der Waals surface area contributed by atoms with Crippen molar-refractivity contribution in [2.45, 2.75) is 32.3 Å². The first-order valence-corrected chi connectivity index (χ1v) is 8.44. The summed E-state index contributed by atoms with van der Waals surface area (Å²) in [5.74, 6) is -1.78. The first-order valence-electron chi connectivity index (χ1n) is 8.44. The quantitative estimate of drug-likeness (QED) is 0.900. The molecule has 1 aliphatic heterocycles. The topological polar surface area (TPSA) is 66.8 Å². The first kappa shape index (κ1) is 17.3. The lowest BCUT2D eigenvalue weighted by Gasteiger charge is -2.24. The number of hydrogen-bond acceptors (Lipinski definition) is 3. The summed E-state index contributed by atoms with van der Waals surface area (Å²) in [7, 11) is 0. The number of aliphatic carboxylic acids is 1. The maximum absolute atomic E-state index is 12.4. The number of carbonyl (C=O) groups is 2. The summed E-state index contributed by atoms with van der Waals surface area (Å²) in [6.07, 6.45) is -0.457. The van der Waals surface area contributed by atoms with Crippen molar-refractivity contribution in [3.05, 3.63) is 48.0 Å². The van der Waals surface area contributed by atoms with Gasteiger partial charge < -0.3 is 14.7 Å². The Bertz CT molecular complexity index is 803. The number of ether oxygens (including phenoxy) is 1. The van der Waals surface area contributed by atoms with Crippen LogP contribution < -0.4 is 0 Å². The molecule has 0 radical (unpaired) electrons. The first-order chi connectivity index (χ1) is 11.8. The van der Waals surface area contributed by atoms with Gasteiger partial charge in [-0.2, -0.15) is 0 Å². The maximum Gasteiger partial charge on any atom is 0.410 e. The molecule has 1 heterocycles. The predicted octanol–water partition coefficient (Wildman–Crippen LogP) is 3.87. The number of nitrogens with zero attached hydrogens (tertiary/aromatic N) is 1. The average Bonchev–Trinajstić information content (AvgIpc) is 2.98. The Morgan fingerprint density at radius 3 is 2.44 bits per heavy atom. The smallest absolute Gasteiger partial charge is 0.410 e. The molecule has 1 N–H and O–H groups in total. The summed E-state index contributed by atoms with van der Waals surface area (Å²) < 4.78 is 5.42. The van der Waals surface area contributed by atoms with Crippen LogP contribution in [-0.2, 0) is 9.53 Å². The highest BCUT2D eigenvalue weighted by Gasteiger charge is 2.42. The maximum atomic E-state index is 12.4. The highest BCUT2D eigenvalue weighted by molar-refractivity contribution is 5.87. The Kier molecular flexibility index (Phi) is 4.41. The predicted molar refractivity (Wildman–Crippen MR) is 95.6 cm³/mol. The van der Waals surface area contributed by atoms with Crippen molar-refractivity contribution in [3.63, 3.8) is 0 Å². The molecule has 0 saturated carbocycles. The molecule has 2 atom stereocenters. The Morgan fingerprint density at radius 2 is 1.76 bits per heavy atom. The number of likely N-dealkylation sites (tertiary alicyclic amines) is 1. The molecule has 0 aromatic heterocycles. The summed E-state index contributed by atoms with van der Waals surface area (Å²) >= 11 is 0. The molecule has 5 nitrogen and oxygen atoms in total. The second-order valence-corrected chi connectivity index (χ2v) is 7.50. The summed E-state index contributed by atoms with van der Waals surface area (Å²) in [4.78, 5) is 25.7. The van der Waals surface area contributed by atoms with Crippen molar-refractivity contribution in [2.24, 2.45) is 5.92 Å². The van der Waals surface area contributed by atoms with Gasteiger partial charge in [-0.3, -0.25) is 4.79 Å². The molecule has 2 aromatic rings. The van der Waals surface area contributed by atoms with Crippen LogP contribution in [0.4, 0.5) is 4.79 Å². The largest absolute Gasteiger partial charge is 0.481 e. The van der Waals surface area contributed by atoms with Crippen LogP contribution in [0.5, 0.6) is 0 Å². The minimum absolute atomic E-state index is 0.165. The van der Waals surface area contributed by atoms with Crippen LogP contribution in [0.2, 0.25) is 0 Å². The van der Waals surface area contributed by atoms with Gasteiger partial charge in [0.2, 0.25) is 0 Å². The normalized spacial score (nSPS) is 20.7. The lowest BCUT2D eigenvalue weighted by Crippen LogP contribution is -2.35. The minimum Gasteiger partial charge on any atom is -0.481 e. The van der Waals surface area contributed by atoms with E-state index in [1.807, 2.05) is 42.5 Å². The van der Waals surface area contributed by atoms with E-state index in [1.165, 1.54) is 4.90 Å². The second-order valence-electron chi connectivity index (χ2n) is 7.50. The Balaban J connectivity index is 1.94. The van der Waals surface area contributed by atoms with Gasteiger partial charge in [-0.15, -0.1) is 0 Å². The molecule has 1 amide bonds. The van der Waals surface area contributed by atoms with Crippen molar-refractivity contribution in [3.8, 4) is 0 Å². The van der Waals surface area contributed by atoms with E-state index in [2.05, 4.69) is 0 Å². The van der Waals surface area contributed by atoms with Gasteiger partial charge in [0.15, 0.2) is 0 Å². The monoisotopic (exact) mass is 341 g/mol. The zero-order valence-corrected chi connectivity index (χ0v) is 14.7. The Hall–Kier alpha value is -2.56. The number of carbonyl (C=O) groups excluding carboxylic acids is 1. The van der Waals surface area contributed by atoms with Crippen molar-refractivity contribution in [2.75, 3.05) is 13.1 Å². The zero-order valence-electron chi connectivity index (χ0n) is 14.7. The van der Waals surface area contributed by atoms with E-state index >= 15 is 0 Å². The third-order valence-corrected chi connectivity index (χ3v) is 4.51. The van der Waals surface area contributed by atoms with Gasteiger partial charge >= 0.3 is 12.1 Å². The molecule has 0 unspecified atom stereocenters. The molecular weight excluding hydrogens is 318 g/mol. The van der Waals surface area contributed by atoms with E-state index in [4.69, 9.17) is 4.74 Å². The fourth-order valence-electron chi connectivity index (χ4n) is 3.42. The molecule has 1 aliphatic rings. The van der Waals surface area contributed by atoms with Crippen LogP contribution in [0.15, 0.2) is 42.5 Å². The number of carboxylic acid groups (broad SMARTS) is 1. The fraction of sp³-hybridized carbons (Fsp3) is 0.400. The number of carboxylic acids is 1. The van der Waals surface area contributed by atoms with E-state index in [0.717, 1.165) is 16.3 Å². The van der Waals surface area contributed by atoms with Gasteiger partial charge in [0, 0.05) is 19.0 Å². The van der Waals surface area contributed by atoms with E-state index in [1.54, 1.807) is 20.8 Å². The highest BCUT2D eigenvalue weighted by atomic mass is 16.6. The molecule has 0 aliphatic carbocycles.